The van der Waals surface area contributed by atoms with Crippen molar-refractivity contribution >= 4 is 6.09 Å². The highest BCUT2D eigenvalue weighted by Crippen LogP contribution is 2.44. The second-order valence-electron chi connectivity index (χ2n) is 10.8. The maximum absolute atomic E-state index is 13.1. The molecule has 3 atom stereocenters. The molecule has 2 bridgehead atoms. The molecule has 2 aromatic rings. The number of halogens is 3. The summed E-state index contributed by atoms with van der Waals surface area (Å²) < 4.78 is 52.2. The molecule has 1 aliphatic carbocycles. The van der Waals surface area contributed by atoms with Crippen molar-refractivity contribution in [3.63, 3.8) is 0 Å². The molecule has 1 saturated carbocycles. The molecule has 1 amide bonds. The number of nitrogens with zero attached hydrogens (tertiary/aromatic N) is 4. The van der Waals surface area contributed by atoms with Crippen LogP contribution in [0.1, 0.15) is 64.9 Å². The van der Waals surface area contributed by atoms with E-state index >= 15 is 0 Å². The van der Waals surface area contributed by atoms with Gasteiger partial charge in [-0.2, -0.15) is 23.3 Å². The third kappa shape index (κ3) is 5.90. The number of fused-ring (bicyclic) bond motifs is 2. The van der Waals surface area contributed by atoms with Crippen LogP contribution in [0.25, 0.3) is 0 Å². The number of hydrogen-bond donors (Lipinski definition) is 0. The first-order valence-electron chi connectivity index (χ1n) is 12.1. The van der Waals surface area contributed by atoms with Gasteiger partial charge in [-0.15, -0.1) is 0 Å². The number of carbonyl (C=O) groups excluding carboxylic acids is 1. The monoisotopic (exact) mass is 494 g/mol. The zero-order valence-corrected chi connectivity index (χ0v) is 20.8. The van der Waals surface area contributed by atoms with Gasteiger partial charge in [0.1, 0.15) is 11.4 Å². The molecule has 0 N–H and O–H groups in total. The van der Waals surface area contributed by atoms with Gasteiger partial charge in [0.15, 0.2) is 5.82 Å². The van der Waals surface area contributed by atoms with E-state index in [1.807, 2.05) is 39.5 Å². The van der Waals surface area contributed by atoms with Gasteiger partial charge in [-0.3, -0.25) is 0 Å². The number of piperidine rings is 1. The molecular weight excluding hydrogens is 461 g/mol. The fourth-order valence-corrected chi connectivity index (χ4v) is 5.04. The van der Waals surface area contributed by atoms with Crippen molar-refractivity contribution in [1.82, 2.24) is 19.7 Å². The number of amides is 1. The van der Waals surface area contributed by atoms with E-state index in [4.69, 9.17) is 9.47 Å². The number of aromatic nitrogens is 3. The zero-order chi connectivity index (χ0) is 25.5. The lowest BCUT2D eigenvalue weighted by atomic mass is 9.82. The fraction of sp³-hybridized carbons (Fsp3) is 0.640. The van der Waals surface area contributed by atoms with E-state index in [1.54, 1.807) is 4.68 Å². The minimum Gasteiger partial charge on any atom is -0.444 e. The summed E-state index contributed by atoms with van der Waals surface area (Å²) in [6.45, 7) is 10.7. The molecule has 1 aliphatic heterocycles. The van der Waals surface area contributed by atoms with Gasteiger partial charge in [-0.1, -0.05) is 6.07 Å². The molecule has 1 saturated heterocycles. The summed E-state index contributed by atoms with van der Waals surface area (Å²) in [6, 6.07) is 4.85. The van der Waals surface area contributed by atoms with Crippen LogP contribution in [-0.4, -0.2) is 44.4 Å². The fourth-order valence-electron chi connectivity index (χ4n) is 5.04. The lowest BCUT2D eigenvalue weighted by molar-refractivity contribution is -0.137. The van der Waals surface area contributed by atoms with Gasteiger partial charge in [-0.05, 0) is 83.4 Å². The molecule has 4 rings (SSSR count). The molecule has 35 heavy (non-hydrogen) atoms. The Hall–Kier alpha value is -2.78. The summed E-state index contributed by atoms with van der Waals surface area (Å²) in [4.78, 5) is 18.9. The topological polar surface area (TPSA) is 69.5 Å². The molecular formula is C25H33F3N4O3. The van der Waals surface area contributed by atoms with E-state index in [-0.39, 0.29) is 23.9 Å². The van der Waals surface area contributed by atoms with E-state index in [0.29, 0.717) is 43.1 Å². The number of alkyl halides is 3. The molecule has 0 spiro atoms. The normalized spacial score (nSPS) is 22.5. The zero-order valence-electron chi connectivity index (χ0n) is 20.8. The van der Waals surface area contributed by atoms with E-state index in [9.17, 15) is 18.0 Å². The van der Waals surface area contributed by atoms with Gasteiger partial charge >= 0.3 is 18.3 Å². The van der Waals surface area contributed by atoms with Crippen LogP contribution in [0.15, 0.2) is 24.3 Å². The Kier molecular flexibility index (Phi) is 6.76. The third-order valence-electron chi connectivity index (χ3n) is 6.60. The van der Waals surface area contributed by atoms with Crippen LogP contribution in [-0.2, 0) is 17.3 Å². The Labute approximate surface area is 203 Å². The van der Waals surface area contributed by atoms with Crippen LogP contribution in [0.4, 0.5) is 18.0 Å². The SMILES string of the molecule is CC(C)n1nc(CC2[C@@H]3CC[C@H]2CN(C(=O)OC(C)(C)C)C3)nc1Oc1cccc(C(F)(F)F)c1. The predicted molar refractivity (Wildman–Crippen MR) is 123 cm³/mol. The number of hydrogen-bond acceptors (Lipinski definition) is 5. The van der Waals surface area contributed by atoms with Gasteiger partial charge in [0.2, 0.25) is 0 Å². The molecule has 2 heterocycles. The van der Waals surface area contributed by atoms with Crippen LogP contribution in [0.5, 0.6) is 11.8 Å². The summed E-state index contributed by atoms with van der Waals surface area (Å²) in [6.07, 6.45) is -2.02. The van der Waals surface area contributed by atoms with Gasteiger partial charge in [-0.25, -0.2) is 9.48 Å². The highest BCUT2D eigenvalue weighted by Gasteiger charge is 2.44. The van der Waals surface area contributed by atoms with Crippen molar-refractivity contribution in [1.29, 1.82) is 0 Å². The Bertz CT molecular complexity index is 1050. The summed E-state index contributed by atoms with van der Waals surface area (Å²) in [5.74, 6) is 1.66. The lowest BCUT2D eigenvalue weighted by Crippen LogP contribution is -2.47. The molecule has 10 heteroatoms. The number of carbonyl (C=O) groups is 1. The molecule has 2 fully saturated rings. The Morgan fingerprint density at radius 2 is 1.80 bits per heavy atom. The number of likely N-dealkylation sites (tertiary alicyclic amines) is 1. The van der Waals surface area contributed by atoms with E-state index < -0.39 is 17.3 Å². The number of ether oxygens (including phenoxy) is 2. The number of rotatable bonds is 5. The molecule has 0 radical (unpaired) electrons. The Morgan fingerprint density at radius 1 is 1.14 bits per heavy atom. The summed E-state index contributed by atoms with van der Waals surface area (Å²) in [7, 11) is 0. The van der Waals surface area contributed by atoms with Gasteiger partial charge < -0.3 is 14.4 Å². The highest BCUT2D eigenvalue weighted by atomic mass is 19.4. The van der Waals surface area contributed by atoms with Crippen LogP contribution < -0.4 is 4.74 Å². The van der Waals surface area contributed by atoms with Crippen molar-refractivity contribution in [2.75, 3.05) is 13.1 Å². The van der Waals surface area contributed by atoms with Crippen LogP contribution in [0.2, 0.25) is 0 Å². The van der Waals surface area contributed by atoms with Crippen LogP contribution in [0.3, 0.4) is 0 Å². The average molecular weight is 495 g/mol. The predicted octanol–water partition coefficient (Wildman–Crippen LogP) is 6.11. The Morgan fingerprint density at radius 3 is 2.37 bits per heavy atom. The molecule has 1 aromatic heterocycles. The number of benzene rings is 1. The summed E-state index contributed by atoms with van der Waals surface area (Å²) in [5.41, 5.74) is -1.31. The van der Waals surface area contributed by atoms with E-state index in [0.717, 1.165) is 25.0 Å². The van der Waals surface area contributed by atoms with E-state index in [1.165, 1.54) is 12.1 Å². The molecule has 1 aromatic carbocycles. The first-order chi connectivity index (χ1) is 16.3. The molecule has 7 nitrogen and oxygen atoms in total. The third-order valence-corrected chi connectivity index (χ3v) is 6.60. The smallest absolute Gasteiger partial charge is 0.416 e. The van der Waals surface area contributed by atoms with Crippen molar-refractivity contribution in [2.24, 2.45) is 17.8 Å². The first-order valence-corrected chi connectivity index (χ1v) is 12.1. The quantitative estimate of drug-likeness (QED) is 0.502. The summed E-state index contributed by atoms with van der Waals surface area (Å²) >= 11 is 0. The maximum Gasteiger partial charge on any atom is 0.416 e. The average Bonchev–Trinajstić information content (AvgIpc) is 3.22. The van der Waals surface area contributed by atoms with Crippen molar-refractivity contribution in [2.45, 2.75) is 71.7 Å². The second kappa shape index (κ2) is 9.35. The molecule has 192 valence electrons. The van der Waals surface area contributed by atoms with Gasteiger partial charge in [0.25, 0.3) is 0 Å². The van der Waals surface area contributed by atoms with Gasteiger partial charge in [0, 0.05) is 19.5 Å². The molecule has 2 aliphatic rings. The minimum atomic E-state index is -4.45. The lowest BCUT2D eigenvalue weighted by Gasteiger charge is -2.38. The van der Waals surface area contributed by atoms with Crippen LogP contribution in [0, 0.1) is 17.8 Å². The van der Waals surface area contributed by atoms with E-state index in [2.05, 4.69) is 10.1 Å². The maximum atomic E-state index is 13.1. The second-order valence-corrected chi connectivity index (χ2v) is 10.8. The van der Waals surface area contributed by atoms with Crippen molar-refractivity contribution in [3.05, 3.63) is 35.7 Å². The summed E-state index contributed by atoms with van der Waals surface area (Å²) in [5, 5.41) is 4.62. The highest BCUT2D eigenvalue weighted by molar-refractivity contribution is 5.68. The van der Waals surface area contributed by atoms with Crippen molar-refractivity contribution < 1.29 is 27.4 Å². The van der Waals surface area contributed by atoms with Gasteiger partial charge in [0.05, 0.1) is 11.6 Å². The first kappa shape index (κ1) is 25.3. The van der Waals surface area contributed by atoms with Crippen molar-refractivity contribution in [3.8, 4) is 11.8 Å². The van der Waals surface area contributed by atoms with Crippen LogP contribution >= 0.6 is 0 Å². The largest absolute Gasteiger partial charge is 0.444 e. The standard InChI is InChI=1S/C25H33F3N4O3/c1-15(2)32-22(34-19-8-6-7-18(11-19)25(26,27)28)29-21(30-32)12-20-16-9-10-17(20)14-31(13-16)23(33)35-24(3,4)5/h6-8,11,15-17,20H,9-10,12-14H2,1-5H3/t16-,17+,20?. The minimum absolute atomic E-state index is 0.0615. The Balaban J connectivity index is 1.48. The molecule has 1 unspecified atom stereocenters.